The number of nitrogens with zero attached hydrogens (tertiary/aromatic N) is 2. The summed E-state index contributed by atoms with van der Waals surface area (Å²) in [6.45, 7) is 3.76. The van der Waals surface area contributed by atoms with Crippen molar-refractivity contribution >= 4 is 45.1 Å². The third kappa shape index (κ3) is 3.76. The van der Waals surface area contributed by atoms with Crippen LogP contribution in [0, 0.1) is 0 Å². The number of methoxy groups -OCH3 is 1. The lowest BCUT2D eigenvalue weighted by Gasteiger charge is -2.27. The van der Waals surface area contributed by atoms with Crippen molar-refractivity contribution in [3.05, 3.63) is 109 Å². The molecule has 190 valence electrons. The normalized spacial score (nSPS) is 15.6. The second-order valence-electron chi connectivity index (χ2n) is 8.99. The second-order valence-corrected chi connectivity index (χ2v) is 10.0. The minimum absolute atomic E-state index is 0.208. The smallest absolute Gasteiger partial charge is 0.338 e. The van der Waals surface area contributed by atoms with Gasteiger partial charge in [0.05, 0.1) is 29.5 Å². The number of aromatic nitrogens is 2. The van der Waals surface area contributed by atoms with E-state index >= 15 is 0 Å². The van der Waals surface area contributed by atoms with E-state index in [1.165, 1.54) is 11.3 Å². The average molecular weight is 524 g/mol. The Balaban J connectivity index is 1.67. The Morgan fingerprint density at radius 2 is 1.87 bits per heavy atom. The van der Waals surface area contributed by atoms with E-state index in [4.69, 9.17) is 14.5 Å². The third-order valence-corrected chi connectivity index (χ3v) is 7.83. The number of rotatable bonds is 5. The van der Waals surface area contributed by atoms with E-state index in [-0.39, 0.29) is 12.2 Å². The number of ether oxygens (including phenoxy) is 2. The van der Waals surface area contributed by atoms with Crippen LogP contribution in [0.3, 0.4) is 0 Å². The minimum atomic E-state index is -0.767. The Hall–Kier alpha value is -4.43. The standard InChI is InChI=1S/C30H25N3O4S/c1-4-37-29(35)25-17(2)32-30-33(27(25)26-21-11-6-5-9-18(21)13-14-23(26)36-3)28(34)24(38-30)15-19-16-31-22-12-8-7-10-20(19)22/h5-16,27,31H,4H2,1-3H3/b24-15+/t27-/m0/s1. The van der Waals surface area contributed by atoms with Crippen LogP contribution in [-0.2, 0) is 9.53 Å². The number of carbonyl (C=O) groups excluding carboxylic acids is 1. The summed E-state index contributed by atoms with van der Waals surface area (Å²) >= 11 is 1.30. The van der Waals surface area contributed by atoms with Gasteiger partial charge in [0.2, 0.25) is 0 Å². The van der Waals surface area contributed by atoms with E-state index in [1.54, 1.807) is 25.5 Å². The molecule has 6 rings (SSSR count). The van der Waals surface area contributed by atoms with Gasteiger partial charge < -0.3 is 14.5 Å². The van der Waals surface area contributed by atoms with Gasteiger partial charge in [-0.15, -0.1) is 0 Å². The Bertz CT molecular complexity index is 1940. The van der Waals surface area contributed by atoms with Crippen LogP contribution >= 0.6 is 11.3 Å². The highest BCUT2D eigenvalue weighted by Gasteiger charge is 2.36. The molecule has 38 heavy (non-hydrogen) atoms. The molecule has 0 fully saturated rings. The van der Waals surface area contributed by atoms with Crippen molar-refractivity contribution in [3.8, 4) is 5.75 Å². The summed E-state index contributed by atoms with van der Waals surface area (Å²) in [5.74, 6) is 0.0797. The maximum atomic E-state index is 14.1. The molecular weight excluding hydrogens is 498 g/mol. The molecule has 0 spiro atoms. The number of allylic oxidation sites excluding steroid dienone is 1. The highest BCUT2D eigenvalue weighted by molar-refractivity contribution is 7.07. The van der Waals surface area contributed by atoms with E-state index in [0.29, 0.717) is 26.4 Å². The van der Waals surface area contributed by atoms with Crippen molar-refractivity contribution in [1.29, 1.82) is 0 Å². The molecule has 0 aliphatic carbocycles. The Morgan fingerprint density at radius 3 is 2.66 bits per heavy atom. The highest BCUT2D eigenvalue weighted by atomic mass is 32.1. The molecule has 8 heteroatoms. The molecule has 0 unspecified atom stereocenters. The number of fused-ring (bicyclic) bond motifs is 3. The molecule has 3 heterocycles. The first-order valence-corrected chi connectivity index (χ1v) is 13.1. The summed E-state index contributed by atoms with van der Waals surface area (Å²) in [7, 11) is 1.59. The summed E-state index contributed by atoms with van der Waals surface area (Å²) in [4.78, 5) is 35.9. The van der Waals surface area contributed by atoms with E-state index in [9.17, 15) is 9.59 Å². The zero-order valence-electron chi connectivity index (χ0n) is 21.1. The number of aromatic amines is 1. The number of H-pyrrole nitrogens is 1. The molecule has 3 aromatic carbocycles. The van der Waals surface area contributed by atoms with Gasteiger partial charge in [-0.2, -0.15) is 0 Å². The number of para-hydroxylation sites is 1. The largest absolute Gasteiger partial charge is 0.496 e. The molecule has 7 nitrogen and oxygen atoms in total. The molecule has 2 aromatic heterocycles. The van der Waals surface area contributed by atoms with Gasteiger partial charge in [-0.25, -0.2) is 9.79 Å². The monoisotopic (exact) mass is 523 g/mol. The van der Waals surface area contributed by atoms with Gasteiger partial charge in [0.25, 0.3) is 5.56 Å². The number of hydrogen-bond acceptors (Lipinski definition) is 6. The Labute approximate surface area is 222 Å². The van der Waals surface area contributed by atoms with Crippen LogP contribution in [0.1, 0.15) is 31.0 Å². The van der Waals surface area contributed by atoms with Gasteiger partial charge in [0, 0.05) is 28.2 Å². The molecule has 0 saturated heterocycles. The van der Waals surface area contributed by atoms with Crippen LogP contribution in [0.2, 0.25) is 0 Å². The first-order valence-electron chi connectivity index (χ1n) is 12.3. The minimum Gasteiger partial charge on any atom is -0.496 e. The molecule has 0 amide bonds. The van der Waals surface area contributed by atoms with E-state index in [1.807, 2.05) is 72.9 Å². The Morgan fingerprint density at radius 1 is 1.11 bits per heavy atom. The maximum Gasteiger partial charge on any atom is 0.338 e. The SMILES string of the molecule is CCOC(=O)C1=C(C)N=c2s/c(=C/c3c[nH]c4ccccc34)c(=O)n2[C@@H]1c1c(OC)ccc2ccccc12. The summed E-state index contributed by atoms with van der Waals surface area (Å²) in [6, 6.07) is 18.9. The van der Waals surface area contributed by atoms with Gasteiger partial charge >= 0.3 is 5.97 Å². The molecule has 1 aliphatic heterocycles. The number of thiazole rings is 1. The fourth-order valence-corrected chi connectivity index (χ4v) is 6.19. The van der Waals surface area contributed by atoms with Crippen molar-refractivity contribution in [2.45, 2.75) is 19.9 Å². The molecule has 5 aromatic rings. The van der Waals surface area contributed by atoms with Crippen LogP contribution in [0.25, 0.3) is 27.8 Å². The second kappa shape index (κ2) is 9.46. The average Bonchev–Trinajstić information content (AvgIpc) is 3.47. The number of esters is 1. The maximum absolute atomic E-state index is 14.1. The number of nitrogens with one attached hydrogen (secondary N) is 1. The summed E-state index contributed by atoms with van der Waals surface area (Å²) in [5, 5.41) is 2.88. The quantitative estimate of drug-likeness (QED) is 0.345. The highest BCUT2D eigenvalue weighted by Crippen LogP contribution is 2.40. The van der Waals surface area contributed by atoms with Gasteiger partial charge in [-0.05, 0) is 42.8 Å². The van der Waals surface area contributed by atoms with Crippen molar-refractivity contribution in [2.24, 2.45) is 4.99 Å². The van der Waals surface area contributed by atoms with Crippen molar-refractivity contribution in [3.63, 3.8) is 0 Å². The van der Waals surface area contributed by atoms with Crippen LogP contribution in [0.4, 0.5) is 0 Å². The zero-order valence-corrected chi connectivity index (χ0v) is 22.0. The molecule has 0 bridgehead atoms. The molecule has 1 atom stereocenters. The zero-order chi connectivity index (χ0) is 26.4. The summed E-state index contributed by atoms with van der Waals surface area (Å²) < 4.78 is 13.4. The Kier molecular flexibility index (Phi) is 5.96. The van der Waals surface area contributed by atoms with E-state index in [2.05, 4.69) is 4.98 Å². The van der Waals surface area contributed by atoms with E-state index < -0.39 is 12.0 Å². The molecule has 0 radical (unpaired) electrons. The summed E-state index contributed by atoms with van der Waals surface area (Å²) in [5.41, 5.74) is 3.24. The van der Waals surface area contributed by atoms with Crippen molar-refractivity contribution in [1.82, 2.24) is 9.55 Å². The van der Waals surface area contributed by atoms with Crippen LogP contribution in [-0.4, -0.2) is 29.2 Å². The van der Waals surface area contributed by atoms with Crippen LogP contribution < -0.4 is 19.6 Å². The lowest BCUT2D eigenvalue weighted by Crippen LogP contribution is -2.40. The number of carbonyl (C=O) groups is 1. The molecule has 1 N–H and O–H groups in total. The topological polar surface area (TPSA) is 85.7 Å². The van der Waals surface area contributed by atoms with Crippen LogP contribution in [0.5, 0.6) is 5.75 Å². The van der Waals surface area contributed by atoms with Gasteiger partial charge in [0.15, 0.2) is 4.80 Å². The third-order valence-electron chi connectivity index (χ3n) is 6.85. The summed E-state index contributed by atoms with van der Waals surface area (Å²) in [6.07, 6.45) is 3.77. The van der Waals surface area contributed by atoms with E-state index in [0.717, 1.165) is 32.8 Å². The first kappa shape index (κ1) is 23.9. The fourth-order valence-electron chi connectivity index (χ4n) is 5.15. The fraction of sp³-hybridized carbons (Fsp3) is 0.167. The van der Waals surface area contributed by atoms with Gasteiger partial charge in [0.1, 0.15) is 11.8 Å². The predicted molar refractivity (Wildman–Crippen MR) is 149 cm³/mol. The van der Waals surface area contributed by atoms with Gasteiger partial charge in [-0.3, -0.25) is 9.36 Å². The van der Waals surface area contributed by atoms with Crippen molar-refractivity contribution in [2.75, 3.05) is 13.7 Å². The number of benzene rings is 3. The number of hydrogen-bond donors (Lipinski definition) is 1. The van der Waals surface area contributed by atoms with Crippen molar-refractivity contribution < 1.29 is 14.3 Å². The first-order chi connectivity index (χ1) is 18.5. The predicted octanol–water partition coefficient (Wildman–Crippen LogP) is 4.44. The molecule has 1 aliphatic rings. The lowest BCUT2D eigenvalue weighted by atomic mass is 9.90. The lowest BCUT2D eigenvalue weighted by molar-refractivity contribution is -0.139. The molecular formula is C30H25N3O4S. The molecule has 0 saturated carbocycles. The van der Waals surface area contributed by atoms with Crippen LogP contribution in [0.15, 0.2) is 87.9 Å². The van der Waals surface area contributed by atoms with Gasteiger partial charge in [-0.1, -0.05) is 59.9 Å².